The Hall–Kier alpha value is -1.45. The second-order valence-corrected chi connectivity index (χ2v) is 5.69. The lowest BCUT2D eigenvalue weighted by Crippen LogP contribution is -2.26. The zero-order valence-corrected chi connectivity index (χ0v) is 12.1. The molecule has 2 aromatic rings. The molecule has 0 radical (unpaired) electrons. The molecule has 4 heteroatoms. The van der Waals surface area contributed by atoms with E-state index in [1.54, 1.807) is 6.26 Å². The Balaban J connectivity index is 1.92. The summed E-state index contributed by atoms with van der Waals surface area (Å²) < 4.78 is 5.49. The molecule has 3 nitrogen and oxygen atoms in total. The number of anilines is 1. The summed E-state index contributed by atoms with van der Waals surface area (Å²) >= 11 is 6.19. The zero-order chi connectivity index (χ0) is 13.9. The second-order valence-electron chi connectivity index (χ2n) is 5.25. The van der Waals surface area contributed by atoms with E-state index in [9.17, 15) is 0 Å². The van der Waals surface area contributed by atoms with E-state index in [0.29, 0.717) is 12.6 Å². The molecule has 0 atom stereocenters. The number of nitrogens with two attached hydrogens (primary N) is 1. The first-order valence-electron chi connectivity index (χ1n) is 7.05. The van der Waals surface area contributed by atoms with Gasteiger partial charge in [0.15, 0.2) is 0 Å². The van der Waals surface area contributed by atoms with Crippen molar-refractivity contribution < 1.29 is 4.42 Å². The Morgan fingerprint density at radius 2 is 2.15 bits per heavy atom. The Bertz CT molecular complexity index is 564. The minimum atomic E-state index is 0.593. The summed E-state index contributed by atoms with van der Waals surface area (Å²) in [6, 6.07) is 10.6. The molecular formula is C16H19ClN2O. The lowest BCUT2D eigenvalue weighted by atomic mass is 10.1. The minimum Gasteiger partial charge on any atom is -0.467 e. The smallest absolute Gasteiger partial charge is 0.123 e. The molecule has 1 saturated carbocycles. The largest absolute Gasteiger partial charge is 0.467 e. The summed E-state index contributed by atoms with van der Waals surface area (Å²) in [6.45, 7) is 1.43. The van der Waals surface area contributed by atoms with Crippen LogP contribution >= 0.6 is 11.6 Å². The number of benzene rings is 1. The van der Waals surface area contributed by atoms with Crippen molar-refractivity contribution in [2.24, 2.45) is 5.73 Å². The van der Waals surface area contributed by atoms with Crippen molar-refractivity contribution in [3.8, 4) is 0 Å². The molecule has 2 N–H and O–H groups in total. The van der Waals surface area contributed by atoms with E-state index in [1.807, 2.05) is 24.3 Å². The van der Waals surface area contributed by atoms with Gasteiger partial charge in [-0.25, -0.2) is 0 Å². The molecule has 0 spiro atoms. The topological polar surface area (TPSA) is 42.4 Å². The highest BCUT2D eigenvalue weighted by Crippen LogP contribution is 2.36. The summed E-state index contributed by atoms with van der Waals surface area (Å²) in [5.74, 6) is 0.982. The van der Waals surface area contributed by atoms with Crippen LogP contribution in [-0.2, 0) is 13.0 Å². The number of nitrogens with zero attached hydrogens (tertiary/aromatic N) is 1. The molecule has 20 heavy (non-hydrogen) atoms. The molecule has 0 unspecified atom stereocenters. The third-order valence-corrected chi connectivity index (χ3v) is 3.90. The summed E-state index contributed by atoms with van der Waals surface area (Å²) in [6.07, 6.45) is 5.05. The molecule has 106 valence electrons. The third-order valence-electron chi connectivity index (χ3n) is 3.66. The van der Waals surface area contributed by atoms with Gasteiger partial charge in [-0.15, -0.1) is 0 Å². The van der Waals surface area contributed by atoms with E-state index in [-0.39, 0.29) is 0 Å². The molecule has 1 heterocycles. The number of hydrogen-bond donors (Lipinski definition) is 1. The third kappa shape index (κ3) is 3.00. The lowest BCUT2D eigenvalue weighted by molar-refractivity contribution is 0.501. The highest BCUT2D eigenvalue weighted by atomic mass is 35.5. The van der Waals surface area contributed by atoms with Crippen LogP contribution in [0.25, 0.3) is 0 Å². The van der Waals surface area contributed by atoms with E-state index >= 15 is 0 Å². The van der Waals surface area contributed by atoms with E-state index in [4.69, 9.17) is 21.8 Å². The Labute approximate surface area is 124 Å². The van der Waals surface area contributed by atoms with Crippen molar-refractivity contribution in [2.45, 2.75) is 31.8 Å². The van der Waals surface area contributed by atoms with Crippen molar-refractivity contribution in [2.75, 3.05) is 11.4 Å². The first-order chi connectivity index (χ1) is 9.78. The zero-order valence-electron chi connectivity index (χ0n) is 11.4. The fourth-order valence-corrected chi connectivity index (χ4v) is 2.71. The van der Waals surface area contributed by atoms with E-state index in [1.165, 1.54) is 24.1 Å². The Morgan fingerprint density at radius 1 is 1.30 bits per heavy atom. The predicted octanol–water partition coefficient (Wildman–Crippen LogP) is 3.60. The quantitative estimate of drug-likeness (QED) is 0.884. The van der Waals surface area contributed by atoms with Crippen LogP contribution in [0.5, 0.6) is 0 Å². The van der Waals surface area contributed by atoms with Crippen LogP contribution in [0.1, 0.15) is 24.2 Å². The maximum atomic E-state index is 6.19. The molecule has 1 aliphatic rings. The van der Waals surface area contributed by atoms with E-state index < -0.39 is 0 Å². The van der Waals surface area contributed by atoms with Crippen LogP contribution in [0.3, 0.4) is 0 Å². The molecule has 1 fully saturated rings. The van der Waals surface area contributed by atoms with E-state index in [2.05, 4.69) is 11.0 Å². The van der Waals surface area contributed by atoms with Crippen molar-refractivity contribution in [1.29, 1.82) is 0 Å². The van der Waals surface area contributed by atoms with Crippen LogP contribution in [-0.4, -0.2) is 12.6 Å². The summed E-state index contributed by atoms with van der Waals surface area (Å²) in [5.41, 5.74) is 8.18. The van der Waals surface area contributed by atoms with Gasteiger partial charge in [-0.05, 0) is 55.6 Å². The highest BCUT2D eigenvalue weighted by Gasteiger charge is 2.31. The van der Waals surface area contributed by atoms with Gasteiger partial charge in [0.2, 0.25) is 0 Å². The maximum absolute atomic E-state index is 6.19. The molecule has 1 aromatic carbocycles. The van der Waals surface area contributed by atoms with E-state index in [0.717, 1.165) is 23.7 Å². The predicted molar refractivity (Wildman–Crippen MR) is 82.1 cm³/mol. The molecular weight excluding hydrogens is 272 g/mol. The summed E-state index contributed by atoms with van der Waals surface area (Å²) in [4.78, 5) is 2.40. The number of furan rings is 1. The first-order valence-corrected chi connectivity index (χ1v) is 7.43. The van der Waals surface area contributed by atoms with Gasteiger partial charge >= 0.3 is 0 Å². The monoisotopic (exact) mass is 290 g/mol. The fourth-order valence-electron chi connectivity index (χ4n) is 2.54. The Morgan fingerprint density at radius 3 is 2.80 bits per heavy atom. The molecule has 1 aromatic heterocycles. The van der Waals surface area contributed by atoms with Gasteiger partial charge in [0.25, 0.3) is 0 Å². The van der Waals surface area contributed by atoms with Gasteiger partial charge in [0.05, 0.1) is 12.8 Å². The molecule has 0 aliphatic heterocycles. The van der Waals surface area contributed by atoms with Crippen LogP contribution < -0.4 is 10.6 Å². The van der Waals surface area contributed by atoms with Gasteiger partial charge in [-0.1, -0.05) is 17.7 Å². The summed E-state index contributed by atoms with van der Waals surface area (Å²) in [7, 11) is 0. The SMILES string of the molecule is NCCc1ccc(Cl)cc1N(Cc1ccco1)C1CC1. The van der Waals surface area contributed by atoms with Crippen molar-refractivity contribution >= 4 is 17.3 Å². The minimum absolute atomic E-state index is 0.593. The van der Waals surface area contributed by atoms with Crippen molar-refractivity contribution in [1.82, 2.24) is 0 Å². The molecule has 0 bridgehead atoms. The standard InChI is InChI=1S/C16H19ClN2O/c17-13-4-3-12(7-8-18)16(10-13)19(14-5-6-14)11-15-2-1-9-20-15/h1-4,9-10,14H,5-8,11,18H2. The highest BCUT2D eigenvalue weighted by molar-refractivity contribution is 6.30. The van der Waals surface area contributed by atoms with Gasteiger partial charge in [0, 0.05) is 16.8 Å². The first kappa shape index (κ1) is 13.5. The van der Waals surface area contributed by atoms with Crippen molar-refractivity contribution in [3.63, 3.8) is 0 Å². The summed E-state index contributed by atoms with van der Waals surface area (Å²) in [5, 5.41) is 0.769. The normalized spacial score (nSPS) is 14.5. The average molecular weight is 291 g/mol. The lowest BCUT2D eigenvalue weighted by Gasteiger charge is -2.26. The molecule has 0 amide bonds. The van der Waals surface area contributed by atoms with Gasteiger partial charge in [-0.3, -0.25) is 0 Å². The van der Waals surface area contributed by atoms with Crippen LogP contribution in [0, 0.1) is 0 Å². The van der Waals surface area contributed by atoms with Crippen molar-refractivity contribution in [3.05, 3.63) is 52.9 Å². The Kier molecular flexibility index (Phi) is 3.99. The van der Waals surface area contributed by atoms with Crippen LogP contribution in [0.4, 0.5) is 5.69 Å². The van der Waals surface area contributed by atoms with Gasteiger partial charge in [-0.2, -0.15) is 0 Å². The van der Waals surface area contributed by atoms with Gasteiger partial charge < -0.3 is 15.1 Å². The average Bonchev–Trinajstić information content (AvgIpc) is 3.15. The number of rotatable bonds is 6. The van der Waals surface area contributed by atoms with Gasteiger partial charge in [0.1, 0.15) is 5.76 Å². The molecule has 0 saturated heterocycles. The molecule has 3 rings (SSSR count). The van der Waals surface area contributed by atoms with Crippen LogP contribution in [0.2, 0.25) is 5.02 Å². The van der Waals surface area contributed by atoms with Crippen LogP contribution in [0.15, 0.2) is 41.0 Å². The number of halogens is 1. The molecule has 1 aliphatic carbocycles. The number of hydrogen-bond acceptors (Lipinski definition) is 3. The maximum Gasteiger partial charge on any atom is 0.123 e. The fraction of sp³-hybridized carbons (Fsp3) is 0.375. The second kappa shape index (κ2) is 5.90.